The molecule has 0 saturated carbocycles. The molecule has 102 valence electrons. The largest absolute Gasteiger partial charge is 0.472 e. The maximum Gasteiger partial charge on any atom is 0.191 e. The average molecular weight is 342 g/mol. The van der Waals surface area contributed by atoms with Gasteiger partial charge in [0.15, 0.2) is 5.96 Å². The molecular weight excluding hydrogens is 326 g/mol. The van der Waals surface area contributed by atoms with Crippen molar-refractivity contribution in [2.45, 2.75) is 13.0 Å². The molecule has 19 heavy (non-hydrogen) atoms. The summed E-state index contributed by atoms with van der Waals surface area (Å²) in [6, 6.07) is 6.15. The van der Waals surface area contributed by atoms with Crippen molar-refractivity contribution < 1.29 is 4.42 Å². The lowest BCUT2D eigenvalue weighted by atomic mass is 10.3. The Labute approximate surface area is 125 Å². The molecule has 0 aliphatic rings. The monoisotopic (exact) mass is 341 g/mol. The Bertz CT molecular complexity index is 522. The highest BCUT2D eigenvalue weighted by Crippen LogP contribution is 2.21. The minimum atomic E-state index is 0.709. The third-order valence-corrected chi connectivity index (χ3v) is 4.24. The zero-order valence-corrected chi connectivity index (χ0v) is 13.1. The van der Waals surface area contributed by atoms with Gasteiger partial charge in [0.05, 0.1) is 16.3 Å². The fourth-order valence-electron chi connectivity index (χ4n) is 1.59. The third kappa shape index (κ3) is 4.72. The van der Waals surface area contributed by atoms with Gasteiger partial charge in [-0.05, 0) is 40.5 Å². The van der Waals surface area contributed by atoms with Crippen LogP contribution in [0.25, 0.3) is 0 Å². The second-order valence-electron chi connectivity index (χ2n) is 3.94. The number of thiophene rings is 1. The van der Waals surface area contributed by atoms with Crippen molar-refractivity contribution >= 4 is 33.2 Å². The first kappa shape index (κ1) is 14.1. The van der Waals surface area contributed by atoms with Crippen LogP contribution in [0.5, 0.6) is 0 Å². The minimum Gasteiger partial charge on any atom is -0.472 e. The summed E-state index contributed by atoms with van der Waals surface area (Å²) in [5, 5.41) is 6.53. The van der Waals surface area contributed by atoms with E-state index < -0.39 is 0 Å². The number of guanidine groups is 1. The van der Waals surface area contributed by atoms with E-state index >= 15 is 0 Å². The molecule has 6 heteroatoms. The quantitative estimate of drug-likeness (QED) is 0.649. The molecule has 0 amide bonds. The van der Waals surface area contributed by atoms with E-state index in [2.05, 4.69) is 43.7 Å². The van der Waals surface area contributed by atoms with E-state index in [9.17, 15) is 0 Å². The molecule has 0 aromatic carbocycles. The third-order valence-electron chi connectivity index (χ3n) is 2.56. The van der Waals surface area contributed by atoms with Gasteiger partial charge >= 0.3 is 0 Å². The van der Waals surface area contributed by atoms with Crippen LogP contribution >= 0.6 is 27.3 Å². The van der Waals surface area contributed by atoms with Crippen LogP contribution in [0.2, 0.25) is 0 Å². The highest BCUT2D eigenvalue weighted by molar-refractivity contribution is 9.11. The second kappa shape index (κ2) is 7.35. The Morgan fingerprint density at radius 3 is 2.89 bits per heavy atom. The molecule has 2 aromatic rings. The van der Waals surface area contributed by atoms with Crippen molar-refractivity contribution in [2.75, 3.05) is 13.6 Å². The molecule has 0 aliphatic carbocycles. The second-order valence-corrected chi connectivity index (χ2v) is 6.49. The van der Waals surface area contributed by atoms with E-state index in [0.717, 1.165) is 24.5 Å². The molecule has 0 spiro atoms. The van der Waals surface area contributed by atoms with Crippen LogP contribution in [-0.4, -0.2) is 19.6 Å². The van der Waals surface area contributed by atoms with Gasteiger partial charge in [0.2, 0.25) is 0 Å². The number of rotatable bonds is 5. The van der Waals surface area contributed by atoms with E-state index in [1.807, 2.05) is 6.07 Å². The van der Waals surface area contributed by atoms with Gasteiger partial charge in [-0.3, -0.25) is 4.99 Å². The van der Waals surface area contributed by atoms with Gasteiger partial charge < -0.3 is 15.1 Å². The Balaban J connectivity index is 1.71. The molecule has 0 unspecified atom stereocenters. The standard InChI is InChI=1S/C13H16BrN3OS/c1-15-13(17-8-10-5-7-18-9-10)16-6-4-11-2-3-12(14)19-11/h2-3,5,7,9H,4,6,8H2,1H3,(H2,15,16,17). The van der Waals surface area contributed by atoms with E-state index in [0.29, 0.717) is 6.54 Å². The van der Waals surface area contributed by atoms with E-state index in [1.165, 1.54) is 8.66 Å². The summed E-state index contributed by atoms with van der Waals surface area (Å²) >= 11 is 5.23. The highest BCUT2D eigenvalue weighted by Gasteiger charge is 2.01. The predicted octanol–water partition coefficient (Wildman–Crippen LogP) is 3.01. The van der Waals surface area contributed by atoms with Crippen molar-refractivity contribution in [3.8, 4) is 0 Å². The van der Waals surface area contributed by atoms with Gasteiger partial charge in [-0.1, -0.05) is 0 Å². The summed E-state index contributed by atoms with van der Waals surface area (Å²) in [5.41, 5.74) is 1.10. The molecule has 4 nitrogen and oxygen atoms in total. The maximum atomic E-state index is 5.02. The van der Waals surface area contributed by atoms with Crippen molar-refractivity contribution in [3.63, 3.8) is 0 Å². The summed E-state index contributed by atoms with van der Waals surface area (Å²) in [4.78, 5) is 5.53. The first-order valence-electron chi connectivity index (χ1n) is 5.98. The number of nitrogens with one attached hydrogen (secondary N) is 2. The smallest absolute Gasteiger partial charge is 0.191 e. The summed E-state index contributed by atoms with van der Waals surface area (Å²) in [5.74, 6) is 0.803. The van der Waals surface area contributed by atoms with Crippen LogP contribution in [0.3, 0.4) is 0 Å². The van der Waals surface area contributed by atoms with Gasteiger partial charge in [0, 0.05) is 30.6 Å². The zero-order chi connectivity index (χ0) is 13.5. The van der Waals surface area contributed by atoms with Crippen LogP contribution in [0, 0.1) is 0 Å². The molecule has 0 radical (unpaired) electrons. The zero-order valence-electron chi connectivity index (χ0n) is 10.6. The van der Waals surface area contributed by atoms with Crippen LogP contribution in [-0.2, 0) is 13.0 Å². The highest BCUT2D eigenvalue weighted by atomic mass is 79.9. The molecule has 2 aromatic heterocycles. The number of furan rings is 1. The number of aliphatic imine (C=N–C) groups is 1. The van der Waals surface area contributed by atoms with Gasteiger partial charge in [-0.2, -0.15) is 0 Å². The molecule has 0 fully saturated rings. The van der Waals surface area contributed by atoms with Crippen LogP contribution in [0.4, 0.5) is 0 Å². The minimum absolute atomic E-state index is 0.709. The Morgan fingerprint density at radius 2 is 2.26 bits per heavy atom. The number of nitrogens with zero attached hydrogens (tertiary/aromatic N) is 1. The molecule has 2 heterocycles. The summed E-state index contributed by atoms with van der Waals surface area (Å²) < 4.78 is 6.19. The van der Waals surface area contributed by atoms with E-state index in [-0.39, 0.29) is 0 Å². The lowest BCUT2D eigenvalue weighted by molar-refractivity contribution is 0.563. The maximum absolute atomic E-state index is 5.02. The fraction of sp³-hybridized carbons (Fsp3) is 0.308. The first-order chi connectivity index (χ1) is 9.28. The number of halogens is 1. The topological polar surface area (TPSA) is 49.6 Å². The van der Waals surface area contributed by atoms with Gasteiger partial charge in [0.25, 0.3) is 0 Å². The summed E-state index contributed by atoms with van der Waals surface area (Å²) in [6.07, 6.45) is 4.38. The van der Waals surface area contributed by atoms with Crippen LogP contribution in [0.15, 0.2) is 43.9 Å². The average Bonchev–Trinajstić information content (AvgIpc) is 3.05. The molecule has 2 N–H and O–H groups in total. The van der Waals surface area contributed by atoms with E-state index in [4.69, 9.17) is 4.42 Å². The van der Waals surface area contributed by atoms with Gasteiger partial charge in [-0.15, -0.1) is 11.3 Å². The Kier molecular flexibility index (Phi) is 5.47. The summed E-state index contributed by atoms with van der Waals surface area (Å²) in [7, 11) is 1.77. The van der Waals surface area contributed by atoms with E-state index in [1.54, 1.807) is 30.9 Å². The molecule has 0 saturated heterocycles. The van der Waals surface area contributed by atoms with Crippen molar-refractivity contribution in [1.82, 2.24) is 10.6 Å². The lowest BCUT2D eigenvalue weighted by Gasteiger charge is -2.10. The molecule has 0 aliphatic heterocycles. The predicted molar refractivity (Wildman–Crippen MR) is 82.6 cm³/mol. The van der Waals surface area contributed by atoms with Gasteiger partial charge in [0.1, 0.15) is 0 Å². The van der Waals surface area contributed by atoms with Crippen molar-refractivity contribution in [3.05, 3.63) is 45.0 Å². The molecule has 2 rings (SSSR count). The fourth-order valence-corrected chi connectivity index (χ4v) is 3.07. The Morgan fingerprint density at radius 1 is 1.37 bits per heavy atom. The SMILES string of the molecule is CN=C(NCCc1ccc(Br)s1)NCc1ccoc1. The number of hydrogen-bond donors (Lipinski definition) is 2. The Hall–Kier alpha value is -1.27. The van der Waals surface area contributed by atoms with Crippen molar-refractivity contribution in [1.29, 1.82) is 0 Å². The van der Waals surface area contributed by atoms with Crippen molar-refractivity contribution in [2.24, 2.45) is 4.99 Å². The lowest BCUT2D eigenvalue weighted by Crippen LogP contribution is -2.37. The molecule has 0 bridgehead atoms. The first-order valence-corrected chi connectivity index (χ1v) is 7.58. The normalized spacial score (nSPS) is 11.6. The molecule has 0 atom stereocenters. The summed E-state index contributed by atoms with van der Waals surface area (Å²) in [6.45, 7) is 1.57. The molecular formula is C13H16BrN3OS. The van der Waals surface area contributed by atoms with Gasteiger partial charge in [-0.25, -0.2) is 0 Å². The van der Waals surface area contributed by atoms with Crippen LogP contribution < -0.4 is 10.6 Å². The number of hydrogen-bond acceptors (Lipinski definition) is 3. The van der Waals surface area contributed by atoms with Crippen LogP contribution in [0.1, 0.15) is 10.4 Å².